The maximum Gasteiger partial charge on any atom is 0.252 e. The molecule has 2 aliphatic carbocycles. The summed E-state index contributed by atoms with van der Waals surface area (Å²) in [6.45, 7) is 20.0. The lowest BCUT2D eigenvalue weighted by molar-refractivity contribution is 0.590. The Labute approximate surface area is 723 Å². The van der Waals surface area contributed by atoms with Gasteiger partial charge in [0.05, 0.1) is 60.1 Å². The summed E-state index contributed by atoms with van der Waals surface area (Å²) in [5, 5.41) is 13.2. The van der Waals surface area contributed by atoms with Crippen LogP contribution in [-0.4, -0.2) is 15.8 Å². The second kappa shape index (κ2) is 27.0. The Bertz CT molecular complexity index is 7850. The van der Waals surface area contributed by atoms with Gasteiger partial charge in [-0.3, -0.25) is 0 Å². The third kappa shape index (κ3) is 10.8. The van der Waals surface area contributed by atoms with Crippen LogP contribution in [0.3, 0.4) is 0 Å². The molecule has 5 nitrogen and oxygen atoms in total. The molecule has 0 N–H and O–H groups in total. The van der Waals surface area contributed by atoms with Gasteiger partial charge in [0, 0.05) is 77.9 Å². The first-order valence-corrected chi connectivity index (χ1v) is 42.4. The van der Waals surface area contributed by atoms with Crippen LogP contribution in [0.5, 0.6) is 0 Å². The standard InChI is InChI=1S/C116H88BN5/c1-113(2,3)78-53-60-103-94(65-78)95-66-79(114(4,5)6)54-61-104(95)120(103)82-56-58-99-105(70-82)121(111-84(73-32-14-10-15-33-73)45-31-46-85(111)74-34-16-11-17-35-74)107-63-77(83-44-30-47-90-88-42-24-28-50-98(88)116(109(83)90)96-48-26-22-40-86(96)87-41-23-27-49-97(87)116)64-108-110(107)117(99)100-57-55-81(119-101-51-29-25-43-89(101)93-62-72(71-118)52-59-102(93)119)69-106(100)122(108)112-91(75-36-18-12-19-37-75)67-80(115(7,8)9)68-92(112)76-38-20-13-21-39-76/h10-70H,1-9H3/i25D,29D,43D,51D,52D,59D,62D. The van der Waals surface area contributed by atoms with E-state index < -0.39 is 54.4 Å². The lowest BCUT2D eigenvalue weighted by atomic mass is 9.33. The molecule has 2 aliphatic heterocycles. The maximum atomic E-state index is 10.9. The predicted octanol–water partition coefficient (Wildman–Crippen LogP) is 28.4. The summed E-state index contributed by atoms with van der Waals surface area (Å²) in [5.41, 5.74) is 32.8. The van der Waals surface area contributed by atoms with Gasteiger partial charge in [0.15, 0.2) is 0 Å². The van der Waals surface area contributed by atoms with Crippen molar-refractivity contribution < 1.29 is 9.60 Å². The van der Waals surface area contributed by atoms with Crippen molar-refractivity contribution in [3.8, 4) is 95.3 Å². The van der Waals surface area contributed by atoms with Crippen LogP contribution in [0, 0.1) is 11.3 Å². The number of benzene rings is 17. The maximum absolute atomic E-state index is 10.9. The van der Waals surface area contributed by atoms with E-state index in [0.29, 0.717) is 5.69 Å². The van der Waals surface area contributed by atoms with Crippen LogP contribution >= 0.6 is 0 Å². The minimum absolute atomic E-state index is 0.0116. The van der Waals surface area contributed by atoms with Gasteiger partial charge in [0.1, 0.15) is 0 Å². The van der Waals surface area contributed by atoms with Crippen LogP contribution in [0.2, 0.25) is 0 Å². The number of hydrogen-bond donors (Lipinski definition) is 0. The van der Waals surface area contributed by atoms with E-state index in [9.17, 15) is 14.9 Å². The van der Waals surface area contributed by atoms with Gasteiger partial charge < -0.3 is 18.9 Å². The van der Waals surface area contributed by atoms with E-state index in [2.05, 4.69) is 404 Å². The van der Waals surface area contributed by atoms with Crippen LogP contribution < -0.4 is 26.2 Å². The van der Waals surface area contributed by atoms with Crippen LogP contribution in [-0.2, 0) is 21.7 Å². The molecule has 23 rings (SSSR count). The van der Waals surface area contributed by atoms with Crippen LogP contribution in [0.1, 0.15) is 116 Å². The molecule has 1 spiro atoms. The Kier molecular flexibility index (Phi) is 14.5. The fourth-order valence-corrected chi connectivity index (χ4v) is 20.8. The molecule has 0 amide bonds. The number of nitriles is 1. The molecular weight excluding hydrogens is 1470 g/mol. The zero-order chi connectivity index (χ0) is 88.5. The van der Waals surface area contributed by atoms with E-state index in [4.69, 9.17) is 0 Å². The average Bonchev–Trinajstić information content (AvgIpc) is 1.49. The minimum Gasteiger partial charge on any atom is -0.310 e. The Hall–Kier alpha value is -14.5. The highest BCUT2D eigenvalue weighted by atomic mass is 15.2. The second-order valence-corrected chi connectivity index (χ2v) is 36.4. The van der Waals surface area contributed by atoms with Crippen molar-refractivity contribution in [1.29, 1.82) is 5.26 Å². The number of aromatic nitrogens is 2. The van der Waals surface area contributed by atoms with Crippen LogP contribution in [0.4, 0.5) is 34.1 Å². The highest BCUT2D eigenvalue weighted by Gasteiger charge is 2.54. The number of para-hydroxylation sites is 2. The monoisotopic (exact) mass is 1570 g/mol. The fourth-order valence-electron chi connectivity index (χ4n) is 20.8. The zero-order valence-electron chi connectivity index (χ0n) is 76.5. The first-order chi connectivity index (χ1) is 62.3. The van der Waals surface area contributed by atoms with Gasteiger partial charge >= 0.3 is 0 Å². The molecule has 2 aromatic heterocycles. The van der Waals surface area contributed by atoms with Gasteiger partial charge in [-0.1, -0.05) is 335 Å². The summed E-state index contributed by atoms with van der Waals surface area (Å²) in [7, 11) is 0. The van der Waals surface area contributed by atoms with Crippen LogP contribution in [0.25, 0.3) is 133 Å². The number of anilines is 6. The molecule has 0 unspecified atom stereocenters. The van der Waals surface area contributed by atoms with Crippen molar-refractivity contribution >= 4 is 101 Å². The van der Waals surface area contributed by atoms with Gasteiger partial charge in [-0.2, -0.15) is 5.26 Å². The average molecular weight is 1570 g/mol. The smallest absolute Gasteiger partial charge is 0.252 e. The van der Waals surface area contributed by atoms with Crippen molar-refractivity contribution in [2.24, 2.45) is 0 Å². The molecule has 0 saturated carbocycles. The minimum atomic E-state index is -0.818. The lowest BCUT2D eigenvalue weighted by Gasteiger charge is -2.46. The van der Waals surface area contributed by atoms with Crippen molar-refractivity contribution in [2.45, 2.75) is 84.0 Å². The largest absolute Gasteiger partial charge is 0.310 e. The molecule has 19 aromatic rings. The molecule has 6 heteroatoms. The molecule has 0 atom stereocenters. The van der Waals surface area contributed by atoms with E-state index in [0.717, 1.165) is 140 Å². The Morgan fingerprint density at radius 3 is 1.19 bits per heavy atom. The molecule has 17 aromatic carbocycles. The highest BCUT2D eigenvalue weighted by Crippen LogP contribution is 2.66. The number of nitrogens with zero attached hydrogens (tertiary/aromatic N) is 5. The van der Waals surface area contributed by atoms with E-state index in [1.807, 2.05) is 6.07 Å². The van der Waals surface area contributed by atoms with E-state index in [1.165, 1.54) is 55.3 Å². The molecular formula is C116H88BN5. The van der Waals surface area contributed by atoms with Crippen molar-refractivity contribution in [3.05, 3.63) is 414 Å². The summed E-state index contributed by atoms with van der Waals surface area (Å²) in [6.07, 6.45) is 0. The quantitative estimate of drug-likeness (QED) is 0.135. The topological polar surface area (TPSA) is 40.1 Å². The normalized spacial score (nSPS) is 14.3. The first kappa shape index (κ1) is 65.4. The van der Waals surface area contributed by atoms with E-state index in [-0.39, 0.29) is 43.6 Å². The lowest BCUT2D eigenvalue weighted by Crippen LogP contribution is -2.61. The van der Waals surface area contributed by atoms with E-state index in [1.54, 1.807) is 4.57 Å². The van der Waals surface area contributed by atoms with Gasteiger partial charge in [0.2, 0.25) is 0 Å². The molecule has 0 bridgehead atoms. The van der Waals surface area contributed by atoms with Crippen molar-refractivity contribution in [3.63, 3.8) is 0 Å². The number of fused-ring (bicyclic) bond motifs is 20. The summed E-state index contributed by atoms with van der Waals surface area (Å²) in [6, 6.07) is 120. The summed E-state index contributed by atoms with van der Waals surface area (Å²) in [4.78, 5) is 5.13. The second-order valence-electron chi connectivity index (χ2n) is 36.4. The zero-order valence-corrected chi connectivity index (χ0v) is 69.5. The van der Waals surface area contributed by atoms with Crippen LogP contribution in [0.15, 0.2) is 370 Å². The van der Waals surface area contributed by atoms with E-state index >= 15 is 0 Å². The summed E-state index contributed by atoms with van der Waals surface area (Å²) < 4.78 is 72.6. The molecule has 580 valence electrons. The molecule has 4 heterocycles. The van der Waals surface area contributed by atoms with Gasteiger partial charge in [-0.25, -0.2) is 0 Å². The fraction of sp³-hybridized carbons (Fsp3) is 0.112. The highest BCUT2D eigenvalue weighted by molar-refractivity contribution is 7.00. The van der Waals surface area contributed by atoms with Gasteiger partial charge in [-0.15, -0.1) is 0 Å². The molecule has 4 aliphatic rings. The number of rotatable bonds is 9. The number of hydrogen-bond acceptors (Lipinski definition) is 3. The summed E-state index contributed by atoms with van der Waals surface area (Å²) in [5.74, 6) is 0. The third-order valence-electron chi connectivity index (χ3n) is 26.4. The molecule has 0 saturated heterocycles. The first-order valence-electron chi connectivity index (χ1n) is 45.9. The van der Waals surface area contributed by atoms with Crippen molar-refractivity contribution in [1.82, 2.24) is 9.13 Å². The molecule has 0 fully saturated rings. The molecule has 122 heavy (non-hydrogen) atoms. The SMILES string of the molecule is [2H]c1c([2H])c([2H])c2c(c1[2H])c1c([2H])c(C#N)c([2H])c([2H])c1n2-c1ccc2c(c1)N(c1c(-c3ccccc3)cc(C(C)(C)C)cc1-c1ccccc1)c1cc(-c3cccc4c3C3(c5ccccc5-c5ccccc53)c3ccccc3-4)cc3c1B2c1ccc(-n2c4ccc(C(C)(C)C)cc4c4cc(C(C)(C)C)ccc42)cc1N3c1c(-c2ccccc2)cccc1-c1ccccc1. The summed E-state index contributed by atoms with van der Waals surface area (Å²) >= 11 is 0. The van der Waals surface area contributed by atoms with Gasteiger partial charge in [0.25, 0.3) is 6.71 Å². The molecule has 0 radical (unpaired) electrons. The van der Waals surface area contributed by atoms with Crippen molar-refractivity contribution in [2.75, 3.05) is 9.80 Å². The predicted molar refractivity (Wildman–Crippen MR) is 513 cm³/mol. The van der Waals surface area contributed by atoms with Gasteiger partial charge in [-0.05, 0) is 224 Å². The Balaban J connectivity index is 0.941. The third-order valence-corrected chi connectivity index (χ3v) is 26.4. The Morgan fingerprint density at radius 1 is 0.311 bits per heavy atom. The Morgan fingerprint density at radius 2 is 0.713 bits per heavy atom.